The average Bonchev–Trinajstić information content (AvgIpc) is 2.76. The van der Waals surface area contributed by atoms with E-state index < -0.39 is 0 Å². The van der Waals surface area contributed by atoms with Gasteiger partial charge in [0.2, 0.25) is 11.8 Å². The van der Waals surface area contributed by atoms with E-state index in [0.717, 1.165) is 57.1 Å². The second-order valence-electron chi connectivity index (χ2n) is 8.33. The highest BCUT2D eigenvalue weighted by Crippen LogP contribution is 2.37. The Morgan fingerprint density at radius 3 is 2.72 bits per heavy atom. The van der Waals surface area contributed by atoms with E-state index in [1.807, 2.05) is 17.0 Å². The maximum atomic E-state index is 13.1. The van der Waals surface area contributed by atoms with E-state index in [2.05, 4.69) is 17.4 Å². The number of rotatable bonds is 3. The van der Waals surface area contributed by atoms with Gasteiger partial charge in [-0.1, -0.05) is 31.0 Å². The van der Waals surface area contributed by atoms with Crippen molar-refractivity contribution in [2.45, 2.75) is 57.8 Å². The van der Waals surface area contributed by atoms with Crippen molar-refractivity contribution in [2.75, 3.05) is 32.8 Å². The van der Waals surface area contributed by atoms with Crippen molar-refractivity contribution in [1.29, 1.82) is 0 Å². The zero-order valence-electron chi connectivity index (χ0n) is 17.5. The van der Waals surface area contributed by atoms with Crippen molar-refractivity contribution < 1.29 is 14.3 Å². The number of hydrogen-bond donors (Lipinski definition) is 2. The summed E-state index contributed by atoms with van der Waals surface area (Å²) in [6, 6.07) is 8.19. The molecular formula is C23H35N3O3. The predicted octanol–water partition coefficient (Wildman–Crippen LogP) is 2.65. The van der Waals surface area contributed by atoms with Crippen molar-refractivity contribution in [3.05, 3.63) is 29.8 Å². The molecular weight excluding hydrogens is 366 g/mol. The molecule has 3 N–H and O–H groups in total. The minimum atomic E-state index is -0.356. The molecule has 0 atom stereocenters. The van der Waals surface area contributed by atoms with Crippen LogP contribution in [0.1, 0.15) is 56.9 Å². The van der Waals surface area contributed by atoms with Gasteiger partial charge in [0.15, 0.2) is 0 Å². The summed E-state index contributed by atoms with van der Waals surface area (Å²) >= 11 is 0. The first kappa shape index (κ1) is 21.6. The number of para-hydroxylation sites is 1. The summed E-state index contributed by atoms with van der Waals surface area (Å²) in [7, 11) is 0. The minimum Gasteiger partial charge on any atom is -0.491 e. The molecule has 0 aliphatic carbocycles. The second-order valence-corrected chi connectivity index (χ2v) is 8.33. The van der Waals surface area contributed by atoms with E-state index in [0.29, 0.717) is 39.2 Å². The number of piperidine rings is 1. The molecule has 0 radical (unpaired) electrons. The van der Waals surface area contributed by atoms with Crippen LogP contribution in [0.25, 0.3) is 0 Å². The van der Waals surface area contributed by atoms with E-state index in [9.17, 15) is 9.59 Å². The number of amides is 2. The lowest BCUT2D eigenvalue weighted by atomic mass is 9.73. The number of carbonyl (C=O) groups is 2. The van der Waals surface area contributed by atoms with Gasteiger partial charge in [-0.3, -0.25) is 9.59 Å². The highest BCUT2D eigenvalue weighted by Gasteiger charge is 2.41. The van der Waals surface area contributed by atoms with Gasteiger partial charge in [0.25, 0.3) is 0 Å². The van der Waals surface area contributed by atoms with Gasteiger partial charge in [-0.25, -0.2) is 0 Å². The van der Waals surface area contributed by atoms with E-state index in [4.69, 9.17) is 10.5 Å². The molecule has 6 nitrogen and oxygen atoms in total. The van der Waals surface area contributed by atoms with Gasteiger partial charge in [0.05, 0.1) is 12.0 Å². The Balaban J connectivity index is 1.61. The molecule has 29 heavy (non-hydrogen) atoms. The Labute approximate surface area is 174 Å². The number of carbonyl (C=O) groups excluding carboxylic acids is 2. The summed E-state index contributed by atoms with van der Waals surface area (Å²) < 4.78 is 5.93. The standard InChI is InChI=1S/C23H35N3O3/c24-14-6-10-21(27)26-16-12-23(13-17-26)11-5-1-2-7-19-8-3-4-9-20(19)29-18-15-25-22(23)28/h3-4,8-9H,1-2,5-7,10-18,24H2,(H,25,28). The van der Waals surface area contributed by atoms with Crippen LogP contribution in [0.15, 0.2) is 24.3 Å². The smallest absolute Gasteiger partial charge is 0.226 e. The Morgan fingerprint density at radius 1 is 1.14 bits per heavy atom. The number of nitrogens with two attached hydrogens (primary N) is 1. The zero-order chi connectivity index (χ0) is 20.5. The fourth-order valence-electron chi connectivity index (χ4n) is 4.51. The lowest BCUT2D eigenvalue weighted by Crippen LogP contribution is -2.50. The summed E-state index contributed by atoms with van der Waals surface area (Å²) in [5.41, 5.74) is 6.42. The van der Waals surface area contributed by atoms with Gasteiger partial charge < -0.3 is 20.7 Å². The highest BCUT2D eigenvalue weighted by molar-refractivity contribution is 5.83. The van der Waals surface area contributed by atoms with Crippen molar-refractivity contribution in [2.24, 2.45) is 11.1 Å². The Bertz CT molecular complexity index is 684. The van der Waals surface area contributed by atoms with Crippen LogP contribution in [0, 0.1) is 5.41 Å². The number of benzene rings is 1. The van der Waals surface area contributed by atoms with Gasteiger partial charge in [0.1, 0.15) is 12.4 Å². The average molecular weight is 402 g/mol. The molecule has 0 saturated carbocycles. The minimum absolute atomic E-state index is 0.127. The number of fused-ring (bicyclic) bond motifs is 1. The number of ether oxygens (including phenoxy) is 1. The van der Waals surface area contributed by atoms with Crippen LogP contribution in [-0.2, 0) is 16.0 Å². The molecule has 1 saturated heterocycles. The number of likely N-dealkylation sites (tertiary alicyclic amines) is 1. The van der Waals surface area contributed by atoms with Crippen molar-refractivity contribution in [1.82, 2.24) is 10.2 Å². The number of hydrogen-bond acceptors (Lipinski definition) is 4. The van der Waals surface area contributed by atoms with E-state index >= 15 is 0 Å². The van der Waals surface area contributed by atoms with Gasteiger partial charge >= 0.3 is 0 Å². The fraction of sp³-hybridized carbons (Fsp3) is 0.652. The van der Waals surface area contributed by atoms with Gasteiger partial charge in [-0.15, -0.1) is 0 Å². The van der Waals surface area contributed by atoms with Crippen LogP contribution in [0.5, 0.6) is 5.75 Å². The Kier molecular flexibility index (Phi) is 7.92. The number of nitrogens with one attached hydrogen (secondary N) is 1. The molecule has 3 rings (SSSR count). The third-order valence-electron chi connectivity index (χ3n) is 6.37. The number of aryl methyl sites for hydroxylation is 1. The Hall–Kier alpha value is -2.08. The van der Waals surface area contributed by atoms with Crippen LogP contribution in [-0.4, -0.2) is 49.5 Å². The molecule has 6 heteroatoms. The highest BCUT2D eigenvalue weighted by atomic mass is 16.5. The molecule has 2 heterocycles. The molecule has 2 amide bonds. The topological polar surface area (TPSA) is 84.7 Å². The largest absolute Gasteiger partial charge is 0.491 e. The second kappa shape index (κ2) is 10.6. The first-order valence-corrected chi connectivity index (χ1v) is 11.1. The summed E-state index contributed by atoms with van der Waals surface area (Å²) in [5, 5.41) is 3.11. The van der Waals surface area contributed by atoms with E-state index in [1.165, 1.54) is 5.56 Å². The van der Waals surface area contributed by atoms with E-state index in [1.54, 1.807) is 0 Å². The monoisotopic (exact) mass is 401 g/mol. The molecule has 2 aliphatic heterocycles. The lowest BCUT2D eigenvalue weighted by molar-refractivity contribution is -0.141. The van der Waals surface area contributed by atoms with Crippen molar-refractivity contribution in [3.8, 4) is 5.75 Å². The molecule has 1 fully saturated rings. The normalized spacial score (nSPS) is 20.4. The van der Waals surface area contributed by atoms with Gasteiger partial charge in [0, 0.05) is 19.5 Å². The van der Waals surface area contributed by atoms with Crippen LogP contribution >= 0.6 is 0 Å². The molecule has 160 valence electrons. The quantitative estimate of drug-likeness (QED) is 0.815. The molecule has 1 aromatic rings. The van der Waals surface area contributed by atoms with Crippen LogP contribution < -0.4 is 15.8 Å². The third-order valence-corrected chi connectivity index (χ3v) is 6.37. The lowest BCUT2D eigenvalue weighted by Gasteiger charge is -2.41. The first-order valence-electron chi connectivity index (χ1n) is 11.1. The van der Waals surface area contributed by atoms with Gasteiger partial charge in [-0.05, 0) is 56.7 Å². The molecule has 0 bridgehead atoms. The summed E-state index contributed by atoms with van der Waals surface area (Å²) in [4.78, 5) is 27.3. The molecule has 2 aliphatic rings. The summed E-state index contributed by atoms with van der Waals surface area (Å²) in [5.74, 6) is 1.23. The summed E-state index contributed by atoms with van der Waals surface area (Å²) in [6.45, 7) is 2.85. The molecule has 1 aromatic carbocycles. The van der Waals surface area contributed by atoms with Gasteiger partial charge in [-0.2, -0.15) is 0 Å². The van der Waals surface area contributed by atoms with Crippen molar-refractivity contribution >= 4 is 11.8 Å². The maximum Gasteiger partial charge on any atom is 0.226 e. The van der Waals surface area contributed by atoms with Crippen molar-refractivity contribution in [3.63, 3.8) is 0 Å². The SMILES string of the molecule is NCCCC(=O)N1CCC2(CCCCCc3ccccc3OCCNC2=O)CC1. The number of nitrogens with zero attached hydrogens (tertiary/aromatic N) is 1. The van der Waals surface area contributed by atoms with E-state index in [-0.39, 0.29) is 17.2 Å². The molecule has 0 aromatic heterocycles. The van der Waals surface area contributed by atoms with Crippen LogP contribution in [0.3, 0.4) is 0 Å². The van der Waals surface area contributed by atoms with Crippen LogP contribution in [0.4, 0.5) is 0 Å². The predicted molar refractivity (Wildman–Crippen MR) is 114 cm³/mol. The molecule has 1 spiro atoms. The van der Waals surface area contributed by atoms with Crippen LogP contribution in [0.2, 0.25) is 0 Å². The first-order chi connectivity index (χ1) is 14.1. The Morgan fingerprint density at radius 2 is 1.93 bits per heavy atom. The summed E-state index contributed by atoms with van der Waals surface area (Å²) in [6.07, 6.45) is 7.86. The fourth-order valence-corrected chi connectivity index (χ4v) is 4.51. The molecule has 0 unspecified atom stereocenters. The third kappa shape index (κ3) is 5.72. The zero-order valence-corrected chi connectivity index (χ0v) is 17.5. The maximum absolute atomic E-state index is 13.1.